The lowest BCUT2D eigenvalue weighted by Gasteiger charge is -2.31. The van der Waals surface area contributed by atoms with Gasteiger partial charge in [-0.1, -0.05) is 61.7 Å². The Morgan fingerprint density at radius 1 is 1.03 bits per heavy atom. The zero-order chi connectivity index (χ0) is 23.3. The van der Waals surface area contributed by atoms with Gasteiger partial charge in [0.15, 0.2) is 0 Å². The summed E-state index contributed by atoms with van der Waals surface area (Å²) in [6.07, 6.45) is 3.39. The van der Waals surface area contributed by atoms with Gasteiger partial charge in [-0.05, 0) is 56.0 Å². The maximum atomic E-state index is 13.2. The molecule has 0 bridgehead atoms. The maximum Gasteiger partial charge on any atom is 0.242 e. The number of aryl methyl sites for hydroxylation is 1. The third-order valence-corrected chi connectivity index (χ3v) is 5.56. The van der Waals surface area contributed by atoms with Gasteiger partial charge >= 0.3 is 0 Å². The highest BCUT2D eigenvalue weighted by Crippen LogP contribution is 2.17. The van der Waals surface area contributed by atoms with Crippen molar-refractivity contribution in [3.8, 4) is 5.75 Å². The summed E-state index contributed by atoms with van der Waals surface area (Å²) in [4.78, 5) is 27.7. The van der Waals surface area contributed by atoms with Gasteiger partial charge in [-0.3, -0.25) is 9.59 Å². The Labute approximate surface area is 197 Å². The average Bonchev–Trinajstić information content (AvgIpc) is 2.79. The number of amides is 2. The van der Waals surface area contributed by atoms with Crippen LogP contribution >= 0.6 is 11.6 Å². The minimum atomic E-state index is -0.488. The van der Waals surface area contributed by atoms with Crippen LogP contribution < -0.4 is 10.1 Å². The number of ether oxygens (including phenoxy) is 1. The number of unbranched alkanes of at least 4 members (excludes halogenated alkanes) is 1. The monoisotopic (exact) mass is 458 g/mol. The lowest BCUT2D eigenvalue weighted by Crippen LogP contribution is -2.49. The minimum Gasteiger partial charge on any atom is -0.494 e. The van der Waals surface area contributed by atoms with Crippen molar-refractivity contribution in [2.24, 2.45) is 0 Å². The molecule has 0 heterocycles. The molecule has 0 fully saturated rings. The molecule has 2 aromatic rings. The van der Waals surface area contributed by atoms with Gasteiger partial charge in [-0.2, -0.15) is 0 Å². The van der Waals surface area contributed by atoms with Crippen LogP contribution in [0.5, 0.6) is 5.75 Å². The normalized spacial score (nSPS) is 11.6. The quantitative estimate of drug-likeness (QED) is 0.401. The van der Waals surface area contributed by atoms with Gasteiger partial charge in [0.1, 0.15) is 11.8 Å². The maximum absolute atomic E-state index is 13.2. The van der Waals surface area contributed by atoms with Crippen LogP contribution in [-0.4, -0.2) is 35.9 Å². The molecule has 0 saturated carbocycles. The summed E-state index contributed by atoms with van der Waals surface area (Å²) in [5, 5.41) is 3.64. The van der Waals surface area contributed by atoms with E-state index < -0.39 is 6.04 Å². The Balaban J connectivity index is 2.02. The number of rotatable bonds is 13. The van der Waals surface area contributed by atoms with E-state index in [1.807, 2.05) is 50.2 Å². The van der Waals surface area contributed by atoms with Crippen molar-refractivity contribution in [1.29, 1.82) is 0 Å². The summed E-state index contributed by atoms with van der Waals surface area (Å²) >= 11 is 5.89. The molecule has 1 atom stereocenters. The molecule has 0 radical (unpaired) electrons. The summed E-state index contributed by atoms with van der Waals surface area (Å²) in [5.74, 6) is 0.599. The molecular formula is C26H35ClN2O3. The highest BCUT2D eigenvalue weighted by atomic mass is 35.5. The molecule has 32 heavy (non-hydrogen) atoms. The number of benzene rings is 2. The van der Waals surface area contributed by atoms with Crippen molar-refractivity contribution in [3.63, 3.8) is 0 Å². The molecule has 1 N–H and O–H groups in total. The average molecular weight is 459 g/mol. The minimum absolute atomic E-state index is 0.0391. The third kappa shape index (κ3) is 8.54. The SMILES string of the molecule is CCCCNC(=O)C(CC)N(Cc1ccc(C)cc1)C(=O)CCCOc1ccc(Cl)cc1. The van der Waals surface area contributed by atoms with E-state index in [0.717, 1.165) is 29.7 Å². The molecule has 0 aliphatic rings. The van der Waals surface area contributed by atoms with Gasteiger partial charge < -0.3 is 15.0 Å². The number of hydrogen-bond acceptors (Lipinski definition) is 3. The molecule has 0 aromatic heterocycles. The predicted molar refractivity (Wildman–Crippen MR) is 130 cm³/mol. The van der Waals surface area contributed by atoms with Crippen LogP contribution in [0, 0.1) is 6.92 Å². The molecule has 0 aliphatic carbocycles. The van der Waals surface area contributed by atoms with Gasteiger partial charge in [0.05, 0.1) is 6.61 Å². The number of nitrogens with zero attached hydrogens (tertiary/aromatic N) is 1. The van der Waals surface area contributed by atoms with Crippen molar-refractivity contribution in [2.75, 3.05) is 13.2 Å². The first-order valence-electron chi connectivity index (χ1n) is 11.5. The van der Waals surface area contributed by atoms with E-state index in [-0.39, 0.29) is 11.8 Å². The second-order valence-electron chi connectivity index (χ2n) is 7.98. The largest absolute Gasteiger partial charge is 0.494 e. The van der Waals surface area contributed by atoms with Gasteiger partial charge in [0.2, 0.25) is 11.8 Å². The van der Waals surface area contributed by atoms with Gasteiger partial charge in [-0.25, -0.2) is 0 Å². The smallest absolute Gasteiger partial charge is 0.242 e. The second kappa shape index (κ2) is 13.8. The van der Waals surface area contributed by atoms with Crippen molar-refractivity contribution in [3.05, 3.63) is 64.7 Å². The molecule has 2 amide bonds. The van der Waals surface area contributed by atoms with E-state index in [2.05, 4.69) is 12.2 Å². The molecule has 1 unspecified atom stereocenters. The molecule has 0 aliphatic heterocycles. The van der Waals surface area contributed by atoms with E-state index in [0.29, 0.717) is 44.0 Å². The third-order valence-electron chi connectivity index (χ3n) is 5.31. The molecular weight excluding hydrogens is 424 g/mol. The van der Waals surface area contributed by atoms with E-state index in [1.54, 1.807) is 17.0 Å². The fraction of sp³-hybridized carbons (Fsp3) is 0.462. The summed E-state index contributed by atoms with van der Waals surface area (Å²) in [6.45, 7) is 7.53. The van der Waals surface area contributed by atoms with Crippen molar-refractivity contribution in [2.45, 2.75) is 65.5 Å². The molecule has 2 rings (SSSR count). The van der Waals surface area contributed by atoms with E-state index in [1.165, 1.54) is 0 Å². The highest BCUT2D eigenvalue weighted by Gasteiger charge is 2.28. The zero-order valence-electron chi connectivity index (χ0n) is 19.4. The zero-order valence-corrected chi connectivity index (χ0v) is 20.2. The number of nitrogens with one attached hydrogen (secondary N) is 1. The van der Waals surface area contributed by atoms with Crippen molar-refractivity contribution >= 4 is 23.4 Å². The Bertz CT molecular complexity index is 837. The van der Waals surface area contributed by atoms with Crippen LogP contribution in [0.25, 0.3) is 0 Å². The first-order valence-corrected chi connectivity index (χ1v) is 11.8. The predicted octanol–water partition coefficient (Wildman–Crippen LogP) is 5.53. The van der Waals surface area contributed by atoms with Gasteiger partial charge in [0.25, 0.3) is 0 Å². The first kappa shape index (κ1) is 25.7. The lowest BCUT2D eigenvalue weighted by molar-refractivity contribution is -0.141. The van der Waals surface area contributed by atoms with E-state index in [9.17, 15) is 9.59 Å². The summed E-state index contributed by atoms with van der Waals surface area (Å²) in [6, 6.07) is 14.8. The van der Waals surface area contributed by atoms with Crippen LogP contribution in [0.4, 0.5) is 0 Å². The van der Waals surface area contributed by atoms with Crippen molar-refractivity contribution < 1.29 is 14.3 Å². The lowest BCUT2D eigenvalue weighted by atomic mass is 10.1. The van der Waals surface area contributed by atoms with Crippen LogP contribution in [0.3, 0.4) is 0 Å². The van der Waals surface area contributed by atoms with Gasteiger partial charge in [-0.15, -0.1) is 0 Å². The molecule has 5 nitrogen and oxygen atoms in total. The van der Waals surface area contributed by atoms with E-state index in [4.69, 9.17) is 16.3 Å². The number of halogens is 1. The Morgan fingerprint density at radius 2 is 1.72 bits per heavy atom. The number of carbonyl (C=O) groups is 2. The summed E-state index contributed by atoms with van der Waals surface area (Å²) < 4.78 is 5.71. The molecule has 0 saturated heterocycles. The topological polar surface area (TPSA) is 58.6 Å². The number of hydrogen-bond donors (Lipinski definition) is 1. The fourth-order valence-electron chi connectivity index (χ4n) is 3.40. The van der Waals surface area contributed by atoms with Gasteiger partial charge in [0, 0.05) is 24.5 Å². The molecule has 2 aromatic carbocycles. The molecule has 6 heteroatoms. The Kier molecular flexibility index (Phi) is 11.1. The Morgan fingerprint density at radius 3 is 2.34 bits per heavy atom. The fourth-order valence-corrected chi connectivity index (χ4v) is 3.53. The molecule has 174 valence electrons. The standard InChI is InChI=1S/C26H35ClN2O3/c1-4-6-17-28-26(31)24(5-2)29(19-21-11-9-20(3)10-12-21)25(30)8-7-18-32-23-15-13-22(27)14-16-23/h9-16,24H,4-8,17-19H2,1-3H3,(H,28,31). The number of carbonyl (C=O) groups excluding carboxylic acids is 2. The Hall–Kier alpha value is -2.53. The van der Waals surface area contributed by atoms with Crippen LogP contribution in [0.1, 0.15) is 57.1 Å². The second-order valence-corrected chi connectivity index (χ2v) is 8.42. The highest BCUT2D eigenvalue weighted by molar-refractivity contribution is 6.30. The summed E-state index contributed by atoms with van der Waals surface area (Å²) in [5.41, 5.74) is 2.18. The first-order chi connectivity index (χ1) is 15.4. The van der Waals surface area contributed by atoms with Crippen LogP contribution in [0.2, 0.25) is 5.02 Å². The summed E-state index contributed by atoms with van der Waals surface area (Å²) in [7, 11) is 0. The van der Waals surface area contributed by atoms with E-state index >= 15 is 0 Å². The molecule has 0 spiro atoms. The van der Waals surface area contributed by atoms with Crippen molar-refractivity contribution in [1.82, 2.24) is 10.2 Å². The van der Waals surface area contributed by atoms with Crippen LogP contribution in [-0.2, 0) is 16.1 Å². The van der Waals surface area contributed by atoms with Crippen LogP contribution in [0.15, 0.2) is 48.5 Å².